The van der Waals surface area contributed by atoms with E-state index in [1.54, 1.807) is 0 Å². The molecular formula is C19H26N4O. The molecule has 0 radical (unpaired) electrons. The third kappa shape index (κ3) is 3.16. The van der Waals surface area contributed by atoms with Gasteiger partial charge in [-0.1, -0.05) is 12.1 Å². The molecule has 24 heavy (non-hydrogen) atoms. The number of hydrogen-bond acceptors (Lipinski definition) is 2. The fourth-order valence-corrected chi connectivity index (χ4v) is 3.34. The van der Waals surface area contributed by atoms with Crippen molar-refractivity contribution < 1.29 is 4.79 Å². The van der Waals surface area contributed by atoms with Gasteiger partial charge in [0.1, 0.15) is 0 Å². The maximum absolute atomic E-state index is 12.1. The number of carbonyl (C=O) groups excluding carboxylic acids is 1. The zero-order valence-corrected chi connectivity index (χ0v) is 14.9. The van der Waals surface area contributed by atoms with Crippen molar-refractivity contribution in [2.24, 2.45) is 0 Å². The Hall–Kier alpha value is -2.30. The Balaban J connectivity index is 1.90. The first-order valence-corrected chi connectivity index (χ1v) is 8.67. The molecule has 0 saturated carbocycles. The van der Waals surface area contributed by atoms with Gasteiger partial charge in [0.25, 0.3) is 0 Å². The Labute approximate surface area is 143 Å². The highest BCUT2D eigenvalue weighted by molar-refractivity contribution is 5.74. The number of aryl methyl sites for hydroxylation is 1. The number of amides is 2. The van der Waals surface area contributed by atoms with Crippen LogP contribution in [0.2, 0.25) is 0 Å². The Morgan fingerprint density at radius 1 is 1.33 bits per heavy atom. The third-order valence-electron chi connectivity index (χ3n) is 4.71. The largest absolute Gasteiger partial charge is 0.336 e. The molecular weight excluding hydrogens is 300 g/mol. The summed E-state index contributed by atoms with van der Waals surface area (Å²) < 4.78 is 2.05. The van der Waals surface area contributed by atoms with Crippen LogP contribution in [0.25, 0.3) is 5.69 Å². The summed E-state index contributed by atoms with van der Waals surface area (Å²) in [5.74, 6) is 0. The van der Waals surface area contributed by atoms with E-state index in [1.165, 1.54) is 16.8 Å². The second-order valence-corrected chi connectivity index (χ2v) is 6.89. The first-order chi connectivity index (χ1) is 11.5. The Morgan fingerprint density at radius 3 is 2.88 bits per heavy atom. The van der Waals surface area contributed by atoms with Crippen LogP contribution in [0.15, 0.2) is 24.4 Å². The molecule has 1 aliphatic rings. The molecule has 0 bridgehead atoms. The van der Waals surface area contributed by atoms with Crippen LogP contribution >= 0.6 is 0 Å². The summed E-state index contributed by atoms with van der Waals surface area (Å²) in [5.41, 5.74) is 5.99. The standard InChI is InChI=1S/C19H26N4O/c1-12(2)21-19(24)22-16-8-6-10-18-15(16)11-20-23(18)17-9-5-7-13(3)14(17)4/h5,7,9,11-12,16H,6,8,10H2,1-4H3,(H2,21,22,24)/t16-/m1/s1. The lowest BCUT2D eigenvalue weighted by Gasteiger charge is -2.25. The molecule has 1 aliphatic carbocycles. The van der Waals surface area contributed by atoms with Gasteiger partial charge in [-0.25, -0.2) is 9.48 Å². The van der Waals surface area contributed by atoms with E-state index in [-0.39, 0.29) is 18.1 Å². The Morgan fingerprint density at radius 2 is 2.12 bits per heavy atom. The molecule has 1 aromatic heterocycles. The summed E-state index contributed by atoms with van der Waals surface area (Å²) >= 11 is 0. The molecule has 1 heterocycles. The van der Waals surface area contributed by atoms with Gasteiger partial charge >= 0.3 is 6.03 Å². The molecule has 0 unspecified atom stereocenters. The van der Waals surface area contributed by atoms with Crippen molar-refractivity contribution >= 4 is 6.03 Å². The van der Waals surface area contributed by atoms with Crippen molar-refractivity contribution in [3.05, 3.63) is 46.8 Å². The van der Waals surface area contributed by atoms with E-state index in [0.29, 0.717) is 0 Å². The second-order valence-electron chi connectivity index (χ2n) is 6.89. The van der Waals surface area contributed by atoms with Crippen LogP contribution < -0.4 is 10.6 Å². The smallest absolute Gasteiger partial charge is 0.315 e. The molecule has 0 fully saturated rings. The van der Waals surface area contributed by atoms with Gasteiger partial charge in [0.05, 0.1) is 17.9 Å². The lowest BCUT2D eigenvalue weighted by molar-refractivity contribution is 0.233. The summed E-state index contributed by atoms with van der Waals surface area (Å²) in [5, 5.41) is 10.6. The molecule has 0 saturated heterocycles. The summed E-state index contributed by atoms with van der Waals surface area (Å²) in [6.07, 6.45) is 4.91. The zero-order chi connectivity index (χ0) is 17.3. The number of carbonyl (C=O) groups is 1. The Kier molecular flexibility index (Phi) is 4.60. The number of hydrogen-bond donors (Lipinski definition) is 2. The number of aromatic nitrogens is 2. The summed E-state index contributed by atoms with van der Waals surface area (Å²) in [6.45, 7) is 8.18. The quantitative estimate of drug-likeness (QED) is 0.906. The van der Waals surface area contributed by atoms with E-state index in [0.717, 1.165) is 30.5 Å². The molecule has 1 atom stereocenters. The van der Waals surface area contributed by atoms with Crippen molar-refractivity contribution in [1.29, 1.82) is 0 Å². The van der Waals surface area contributed by atoms with Crippen LogP contribution in [0.5, 0.6) is 0 Å². The highest BCUT2D eigenvalue weighted by atomic mass is 16.2. The maximum atomic E-state index is 12.1. The fraction of sp³-hybridized carbons (Fsp3) is 0.474. The predicted molar refractivity (Wildman–Crippen MR) is 95.5 cm³/mol. The highest BCUT2D eigenvalue weighted by Crippen LogP contribution is 2.32. The van der Waals surface area contributed by atoms with Crippen molar-refractivity contribution in [3.63, 3.8) is 0 Å². The van der Waals surface area contributed by atoms with Crippen LogP contribution in [0.4, 0.5) is 4.79 Å². The van der Waals surface area contributed by atoms with Crippen LogP contribution in [0.1, 0.15) is 55.1 Å². The van der Waals surface area contributed by atoms with Crippen LogP contribution in [0, 0.1) is 13.8 Å². The van der Waals surface area contributed by atoms with Crippen LogP contribution in [-0.2, 0) is 6.42 Å². The van der Waals surface area contributed by atoms with Gasteiger partial charge in [-0.05, 0) is 64.2 Å². The van der Waals surface area contributed by atoms with E-state index in [9.17, 15) is 4.79 Å². The van der Waals surface area contributed by atoms with Crippen molar-refractivity contribution in [2.75, 3.05) is 0 Å². The molecule has 1 aromatic carbocycles. The zero-order valence-electron chi connectivity index (χ0n) is 14.9. The average Bonchev–Trinajstić information content (AvgIpc) is 2.94. The molecule has 0 spiro atoms. The van der Waals surface area contributed by atoms with E-state index < -0.39 is 0 Å². The van der Waals surface area contributed by atoms with Crippen molar-refractivity contribution in [2.45, 2.75) is 59.0 Å². The van der Waals surface area contributed by atoms with Gasteiger partial charge in [-0.15, -0.1) is 0 Å². The molecule has 2 aromatic rings. The number of urea groups is 1. The minimum absolute atomic E-state index is 0.0337. The van der Waals surface area contributed by atoms with Gasteiger partial charge in [-0.3, -0.25) is 0 Å². The molecule has 2 amide bonds. The lowest BCUT2D eigenvalue weighted by atomic mass is 9.93. The lowest BCUT2D eigenvalue weighted by Crippen LogP contribution is -2.42. The second kappa shape index (κ2) is 6.67. The summed E-state index contributed by atoms with van der Waals surface area (Å²) in [4.78, 5) is 12.1. The normalized spacial score (nSPS) is 16.8. The molecule has 5 heteroatoms. The van der Waals surface area contributed by atoms with Crippen molar-refractivity contribution in [3.8, 4) is 5.69 Å². The van der Waals surface area contributed by atoms with Gasteiger partial charge in [0, 0.05) is 17.3 Å². The number of fused-ring (bicyclic) bond motifs is 1. The fourth-order valence-electron chi connectivity index (χ4n) is 3.34. The number of rotatable bonds is 3. The van der Waals surface area contributed by atoms with Gasteiger partial charge in [-0.2, -0.15) is 5.10 Å². The van der Waals surface area contributed by atoms with Gasteiger partial charge < -0.3 is 10.6 Å². The summed E-state index contributed by atoms with van der Waals surface area (Å²) in [7, 11) is 0. The topological polar surface area (TPSA) is 59.0 Å². The van der Waals surface area contributed by atoms with Gasteiger partial charge in [0.15, 0.2) is 0 Å². The average molecular weight is 326 g/mol. The van der Waals surface area contributed by atoms with E-state index in [1.807, 2.05) is 24.7 Å². The highest BCUT2D eigenvalue weighted by Gasteiger charge is 2.26. The first kappa shape index (κ1) is 16.6. The van der Waals surface area contributed by atoms with Crippen molar-refractivity contribution in [1.82, 2.24) is 20.4 Å². The first-order valence-electron chi connectivity index (χ1n) is 8.67. The molecule has 0 aliphatic heterocycles. The van der Waals surface area contributed by atoms with E-state index in [4.69, 9.17) is 0 Å². The number of nitrogens with one attached hydrogen (secondary N) is 2. The predicted octanol–water partition coefficient (Wildman–Crippen LogP) is 3.57. The Bertz CT molecular complexity index is 748. The SMILES string of the molecule is Cc1cccc(-n2ncc3c2CCC[C@H]3NC(=O)NC(C)C)c1C. The number of benzene rings is 1. The molecule has 3 rings (SSSR count). The molecule has 5 nitrogen and oxygen atoms in total. The van der Waals surface area contributed by atoms with Crippen LogP contribution in [0.3, 0.4) is 0 Å². The van der Waals surface area contributed by atoms with E-state index in [2.05, 4.69) is 47.8 Å². The van der Waals surface area contributed by atoms with Gasteiger partial charge in [0.2, 0.25) is 0 Å². The minimum Gasteiger partial charge on any atom is -0.336 e. The molecule has 2 N–H and O–H groups in total. The number of nitrogens with zero attached hydrogens (tertiary/aromatic N) is 2. The van der Waals surface area contributed by atoms with Crippen LogP contribution in [-0.4, -0.2) is 21.9 Å². The minimum atomic E-state index is -0.109. The molecule has 128 valence electrons. The van der Waals surface area contributed by atoms with E-state index >= 15 is 0 Å². The summed E-state index contributed by atoms with van der Waals surface area (Å²) in [6, 6.07) is 6.35. The maximum Gasteiger partial charge on any atom is 0.315 e. The third-order valence-corrected chi connectivity index (χ3v) is 4.71. The monoisotopic (exact) mass is 326 g/mol.